The molecule has 1 aliphatic carbocycles. The van der Waals surface area contributed by atoms with Crippen molar-refractivity contribution in [1.29, 1.82) is 0 Å². The molecule has 0 atom stereocenters. The van der Waals surface area contributed by atoms with E-state index in [-0.39, 0.29) is 5.91 Å². The Labute approximate surface area is 159 Å². The van der Waals surface area contributed by atoms with E-state index in [1.165, 1.54) is 11.8 Å². The summed E-state index contributed by atoms with van der Waals surface area (Å²) in [7, 11) is 1.77. The molecular weight excluding hydrogens is 406 g/mol. The van der Waals surface area contributed by atoms with Gasteiger partial charge in [-0.2, -0.15) is 0 Å². The number of thioether (sulfide) groups is 1. The van der Waals surface area contributed by atoms with Gasteiger partial charge in [-0.25, -0.2) is 0 Å². The van der Waals surface area contributed by atoms with Crippen LogP contribution < -0.4 is 10.5 Å². The first kappa shape index (κ1) is 18.1. The number of carbonyl (C=O) groups excluding carboxylic acids is 1. The van der Waals surface area contributed by atoms with Gasteiger partial charge in [-0.3, -0.25) is 9.36 Å². The number of halogens is 1. The zero-order chi connectivity index (χ0) is 17.8. The molecule has 2 aromatic rings. The molecule has 0 spiro atoms. The molecule has 134 valence electrons. The quantitative estimate of drug-likeness (QED) is 0.653. The molecule has 0 unspecified atom stereocenters. The summed E-state index contributed by atoms with van der Waals surface area (Å²) in [5.74, 6) is 1.54. The van der Waals surface area contributed by atoms with Gasteiger partial charge < -0.3 is 15.4 Å². The second-order valence-electron chi connectivity index (χ2n) is 5.85. The van der Waals surface area contributed by atoms with Crippen LogP contribution in [-0.4, -0.2) is 51.5 Å². The van der Waals surface area contributed by atoms with Gasteiger partial charge in [-0.1, -0.05) is 27.7 Å². The molecule has 3 rings (SSSR count). The summed E-state index contributed by atoms with van der Waals surface area (Å²) in [6, 6.07) is 8.00. The zero-order valence-electron chi connectivity index (χ0n) is 13.9. The molecule has 1 aromatic heterocycles. The van der Waals surface area contributed by atoms with Crippen molar-refractivity contribution in [1.82, 2.24) is 19.7 Å². The highest BCUT2D eigenvalue weighted by atomic mass is 79.9. The second-order valence-corrected chi connectivity index (χ2v) is 7.71. The largest absolute Gasteiger partial charge is 0.492 e. The number of hydrogen-bond donors (Lipinski definition) is 1. The summed E-state index contributed by atoms with van der Waals surface area (Å²) in [6.45, 7) is 0.965. The van der Waals surface area contributed by atoms with Crippen LogP contribution in [0.25, 0.3) is 0 Å². The molecule has 25 heavy (non-hydrogen) atoms. The lowest BCUT2D eigenvalue weighted by atomic mass is 10.3. The normalized spacial score (nSPS) is 13.7. The monoisotopic (exact) mass is 425 g/mol. The van der Waals surface area contributed by atoms with E-state index in [1.807, 2.05) is 28.8 Å². The molecule has 7 nitrogen and oxygen atoms in total. The van der Waals surface area contributed by atoms with Crippen molar-refractivity contribution < 1.29 is 9.53 Å². The number of nitrogens with two attached hydrogens (primary N) is 1. The van der Waals surface area contributed by atoms with Crippen LogP contribution in [0.2, 0.25) is 0 Å². The molecular formula is C16H20BrN5O2S. The zero-order valence-corrected chi connectivity index (χ0v) is 16.3. The lowest BCUT2D eigenvalue weighted by molar-refractivity contribution is -0.127. The predicted octanol–water partition coefficient (Wildman–Crippen LogP) is 2.59. The fourth-order valence-corrected chi connectivity index (χ4v) is 3.47. The Bertz CT molecular complexity index is 733. The summed E-state index contributed by atoms with van der Waals surface area (Å²) in [6.07, 6.45) is 2.19. The summed E-state index contributed by atoms with van der Waals surface area (Å²) >= 11 is 4.76. The van der Waals surface area contributed by atoms with E-state index in [2.05, 4.69) is 26.1 Å². The maximum atomic E-state index is 12.3. The highest BCUT2D eigenvalue weighted by Gasteiger charge is 2.29. The maximum Gasteiger partial charge on any atom is 0.232 e. The van der Waals surface area contributed by atoms with Crippen molar-refractivity contribution in [2.45, 2.75) is 24.0 Å². The molecule has 0 radical (unpaired) electrons. The van der Waals surface area contributed by atoms with Gasteiger partial charge in [0.1, 0.15) is 12.4 Å². The van der Waals surface area contributed by atoms with Crippen molar-refractivity contribution in [3.8, 4) is 5.75 Å². The number of aromatic nitrogens is 3. The minimum absolute atomic E-state index is 0.0216. The average molecular weight is 426 g/mol. The van der Waals surface area contributed by atoms with E-state index < -0.39 is 0 Å². The standard InChI is InChI=1S/C16H20BrN5O2S/c1-21(8-9-24-13-6-2-11(17)3-7-13)14(23)10-25-16-20-19-15(18)22(16)12-4-5-12/h2-3,6-7,12H,4-5,8-10H2,1H3,(H2,18,19). The number of nitrogens with zero attached hydrogens (tertiary/aromatic N) is 4. The Morgan fingerprint density at radius 3 is 2.80 bits per heavy atom. The SMILES string of the molecule is CN(CCOc1ccc(Br)cc1)C(=O)CSc1nnc(N)n1C1CC1. The first-order chi connectivity index (χ1) is 12.0. The van der Waals surface area contributed by atoms with Gasteiger partial charge in [0.2, 0.25) is 11.9 Å². The fourth-order valence-electron chi connectivity index (χ4n) is 2.26. The molecule has 1 aromatic carbocycles. The number of hydrogen-bond acceptors (Lipinski definition) is 6. The van der Waals surface area contributed by atoms with E-state index in [0.29, 0.717) is 36.1 Å². The smallest absolute Gasteiger partial charge is 0.232 e. The number of carbonyl (C=O) groups is 1. The van der Waals surface area contributed by atoms with Crippen LogP contribution in [0.5, 0.6) is 5.75 Å². The third-order valence-corrected chi connectivity index (χ3v) is 5.32. The van der Waals surface area contributed by atoms with Gasteiger partial charge in [-0.05, 0) is 37.1 Å². The molecule has 0 saturated heterocycles. The van der Waals surface area contributed by atoms with E-state index in [0.717, 1.165) is 23.1 Å². The Hall–Kier alpha value is -1.74. The first-order valence-electron chi connectivity index (χ1n) is 8.00. The lowest BCUT2D eigenvalue weighted by Crippen LogP contribution is -2.32. The van der Waals surface area contributed by atoms with Gasteiger partial charge in [-0.15, -0.1) is 10.2 Å². The molecule has 1 fully saturated rings. The van der Waals surface area contributed by atoms with Gasteiger partial charge in [0.15, 0.2) is 5.16 Å². The van der Waals surface area contributed by atoms with Crippen molar-refractivity contribution in [3.05, 3.63) is 28.7 Å². The summed E-state index contributed by atoms with van der Waals surface area (Å²) in [5, 5.41) is 8.70. The first-order valence-corrected chi connectivity index (χ1v) is 9.78. The molecule has 1 saturated carbocycles. The highest BCUT2D eigenvalue weighted by molar-refractivity contribution is 9.10. The Morgan fingerprint density at radius 2 is 2.12 bits per heavy atom. The molecule has 0 aliphatic heterocycles. The number of amides is 1. The van der Waals surface area contributed by atoms with Crippen LogP contribution in [0.15, 0.2) is 33.9 Å². The number of ether oxygens (including phenoxy) is 1. The number of likely N-dealkylation sites (N-methyl/N-ethyl adjacent to an activating group) is 1. The Kier molecular flexibility index (Phi) is 5.85. The number of anilines is 1. The van der Waals surface area contributed by atoms with Crippen LogP contribution >= 0.6 is 27.7 Å². The van der Waals surface area contributed by atoms with Crippen LogP contribution in [0.1, 0.15) is 18.9 Å². The number of nitrogen functional groups attached to an aromatic ring is 1. The number of benzene rings is 1. The second kappa shape index (κ2) is 8.09. The van der Waals surface area contributed by atoms with Gasteiger partial charge in [0, 0.05) is 17.6 Å². The summed E-state index contributed by atoms with van der Waals surface area (Å²) in [4.78, 5) is 13.9. The van der Waals surface area contributed by atoms with E-state index in [1.54, 1.807) is 11.9 Å². The van der Waals surface area contributed by atoms with Crippen LogP contribution in [0, 0.1) is 0 Å². The van der Waals surface area contributed by atoms with Crippen LogP contribution in [0.4, 0.5) is 5.95 Å². The number of rotatable bonds is 8. The average Bonchev–Trinajstić information content (AvgIpc) is 3.37. The van der Waals surface area contributed by atoms with Crippen molar-refractivity contribution in [2.24, 2.45) is 0 Å². The van der Waals surface area contributed by atoms with Gasteiger partial charge in [0.05, 0.1) is 12.3 Å². The van der Waals surface area contributed by atoms with Gasteiger partial charge >= 0.3 is 0 Å². The summed E-state index contributed by atoms with van der Waals surface area (Å²) < 4.78 is 8.57. The maximum absolute atomic E-state index is 12.3. The Balaban J connectivity index is 1.42. The van der Waals surface area contributed by atoms with Crippen molar-refractivity contribution in [3.63, 3.8) is 0 Å². The molecule has 2 N–H and O–H groups in total. The third kappa shape index (κ3) is 4.88. The minimum atomic E-state index is 0.0216. The molecule has 9 heteroatoms. The summed E-state index contributed by atoms with van der Waals surface area (Å²) in [5.41, 5.74) is 5.84. The molecule has 1 aliphatic rings. The van der Waals surface area contributed by atoms with E-state index in [9.17, 15) is 4.79 Å². The van der Waals surface area contributed by atoms with Gasteiger partial charge in [0.25, 0.3) is 0 Å². The van der Waals surface area contributed by atoms with E-state index in [4.69, 9.17) is 10.5 Å². The minimum Gasteiger partial charge on any atom is -0.492 e. The van der Waals surface area contributed by atoms with Crippen LogP contribution in [-0.2, 0) is 4.79 Å². The molecule has 0 bridgehead atoms. The van der Waals surface area contributed by atoms with Crippen molar-refractivity contribution in [2.75, 3.05) is 31.7 Å². The topological polar surface area (TPSA) is 86.3 Å². The van der Waals surface area contributed by atoms with Crippen LogP contribution in [0.3, 0.4) is 0 Å². The molecule has 1 amide bonds. The Morgan fingerprint density at radius 1 is 1.40 bits per heavy atom. The third-order valence-electron chi connectivity index (χ3n) is 3.86. The predicted molar refractivity (Wildman–Crippen MR) is 101 cm³/mol. The highest BCUT2D eigenvalue weighted by Crippen LogP contribution is 2.39. The fraction of sp³-hybridized carbons (Fsp3) is 0.438. The lowest BCUT2D eigenvalue weighted by Gasteiger charge is -2.17. The molecule has 1 heterocycles. The van der Waals surface area contributed by atoms with E-state index >= 15 is 0 Å². The van der Waals surface area contributed by atoms with Crippen molar-refractivity contribution >= 4 is 39.5 Å².